The normalized spacial score (nSPS) is 50.4. The van der Waals surface area contributed by atoms with Crippen LogP contribution in [-0.2, 0) is 14.3 Å². The van der Waals surface area contributed by atoms with Gasteiger partial charge in [0, 0.05) is 23.8 Å². The van der Waals surface area contributed by atoms with E-state index in [1.807, 2.05) is 32.9 Å². The standard InChI is InChI=1S/C29H32O6/c1-14-5-7-16(8-6-14)22(31)27-15(2)17-9-10-18-26-13-35-29(34,28(18,20(17)27)24(27)33)23(32)21(26)25(3,4)12-11-19(26)30/h5-8,17-18,20-21,23,32,34H,2,9-13H2,1,3-4H3. The van der Waals surface area contributed by atoms with Gasteiger partial charge in [-0.3, -0.25) is 14.4 Å². The van der Waals surface area contributed by atoms with E-state index in [9.17, 15) is 24.6 Å². The number of aliphatic hydroxyl groups is 2. The van der Waals surface area contributed by atoms with E-state index in [1.165, 1.54) is 0 Å². The Hall–Kier alpha value is -2.15. The number of hydrogen-bond acceptors (Lipinski definition) is 6. The van der Waals surface area contributed by atoms with Gasteiger partial charge < -0.3 is 14.9 Å². The van der Waals surface area contributed by atoms with E-state index < -0.39 is 57.1 Å². The third-order valence-electron chi connectivity index (χ3n) is 11.4. The van der Waals surface area contributed by atoms with E-state index in [0.717, 1.165) is 12.0 Å². The number of rotatable bonds is 2. The van der Waals surface area contributed by atoms with Crippen LogP contribution in [0.1, 0.15) is 55.5 Å². The molecule has 2 aliphatic heterocycles. The number of fused-ring (bicyclic) bond motifs is 1. The van der Waals surface area contributed by atoms with Crippen molar-refractivity contribution in [1.82, 2.24) is 0 Å². The van der Waals surface area contributed by atoms with Crippen molar-refractivity contribution in [3.8, 4) is 0 Å². The zero-order valence-electron chi connectivity index (χ0n) is 20.5. The second-order valence-electron chi connectivity index (χ2n) is 12.8. The first kappa shape index (κ1) is 22.1. The molecule has 9 atom stereocenters. The minimum absolute atomic E-state index is 0.0183. The molecule has 7 aliphatic rings. The van der Waals surface area contributed by atoms with Gasteiger partial charge in [0.1, 0.15) is 17.3 Å². The fraction of sp³-hybridized carbons (Fsp3) is 0.621. The molecule has 2 N–H and O–H groups in total. The lowest BCUT2D eigenvalue weighted by Gasteiger charge is -2.84. The highest BCUT2D eigenvalue weighted by molar-refractivity contribution is 6.25. The molecule has 0 aromatic heterocycles. The summed E-state index contributed by atoms with van der Waals surface area (Å²) in [6, 6.07) is 7.17. The number of aryl methyl sites for hydroxylation is 1. The fourth-order valence-electron chi connectivity index (χ4n) is 10.1. The van der Waals surface area contributed by atoms with Crippen molar-refractivity contribution in [3.63, 3.8) is 0 Å². The molecule has 0 amide bonds. The van der Waals surface area contributed by atoms with E-state index in [-0.39, 0.29) is 24.1 Å². The van der Waals surface area contributed by atoms with Crippen molar-refractivity contribution >= 4 is 17.3 Å². The number of hydrogen-bond donors (Lipinski definition) is 2. The molecule has 6 heteroatoms. The first-order chi connectivity index (χ1) is 16.4. The number of aliphatic hydroxyl groups excluding tert-OH is 1. The summed E-state index contributed by atoms with van der Waals surface area (Å²) in [6.45, 7) is 10.2. The Morgan fingerprint density at radius 1 is 1.11 bits per heavy atom. The zero-order valence-corrected chi connectivity index (χ0v) is 20.5. The third-order valence-corrected chi connectivity index (χ3v) is 11.4. The van der Waals surface area contributed by atoms with Crippen LogP contribution in [0.25, 0.3) is 0 Å². The lowest BCUT2D eigenvalue weighted by molar-refractivity contribution is -0.459. The monoisotopic (exact) mass is 476 g/mol. The maximum atomic E-state index is 14.5. The number of carbonyl (C=O) groups excluding carboxylic acids is 3. The third kappa shape index (κ3) is 1.88. The summed E-state index contributed by atoms with van der Waals surface area (Å²) in [7, 11) is 0. The van der Waals surface area contributed by atoms with Gasteiger partial charge in [0.25, 0.3) is 0 Å². The van der Waals surface area contributed by atoms with Crippen LogP contribution in [0.4, 0.5) is 0 Å². The van der Waals surface area contributed by atoms with Gasteiger partial charge in [0.2, 0.25) is 5.79 Å². The van der Waals surface area contributed by atoms with Gasteiger partial charge in [-0.1, -0.05) is 55.8 Å². The summed E-state index contributed by atoms with van der Waals surface area (Å²) in [6.07, 6.45) is 0.915. The number of allylic oxidation sites excluding steroid dienone is 1. The maximum absolute atomic E-state index is 14.5. The lowest BCUT2D eigenvalue weighted by atomic mass is 9.18. The van der Waals surface area contributed by atoms with Gasteiger partial charge in [-0.2, -0.15) is 0 Å². The zero-order chi connectivity index (χ0) is 24.9. The highest BCUT2D eigenvalue weighted by Crippen LogP contribution is 2.87. The van der Waals surface area contributed by atoms with Crippen molar-refractivity contribution in [2.45, 2.75) is 58.3 Å². The molecule has 2 saturated heterocycles. The van der Waals surface area contributed by atoms with Gasteiger partial charge >= 0.3 is 0 Å². The Kier molecular flexibility index (Phi) is 3.81. The van der Waals surface area contributed by atoms with Crippen LogP contribution >= 0.6 is 0 Å². The molecule has 7 fully saturated rings. The molecule has 6 nitrogen and oxygen atoms in total. The predicted octanol–water partition coefficient (Wildman–Crippen LogP) is 3.03. The van der Waals surface area contributed by atoms with Crippen LogP contribution in [0.2, 0.25) is 0 Å². The Morgan fingerprint density at radius 3 is 2.49 bits per heavy atom. The second kappa shape index (κ2) is 6.04. The molecule has 0 radical (unpaired) electrons. The Balaban J connectivity index is 1.43. The van der Waals surface area contributed by atoms with E-state index in [2.05, 4.69) is 6.58 Å². The lowest BCUT2D eigenvalue weighted by Crippen LogP contribution is -2.95. The minimum Gasteiger partial charge on any atom is -0.387 e. The van der Waals surface area contributed by atoms with Crippen LogP contribution in [0.3, 0.4) is 0 Å². The molecular weight excluding hydrogens is 444 g/mol. The molecule has 2 bridgehead atoms. The van der Waals surface area contributed by atoms with Crippen LogP contribution in [0, 0.1) is 52.3 Å². The van der Waals surface area contributed by atoms with Crippen molar-refractivity contribution in [2.75, 3.05) is 6.61 Å². The van der Waals surface area contributed by atoms with E-state index in [0.29, 0.717) is 30.4 Å². The van der Waals surface area contributed by atoms with Crippen molar-refractivity contribution in [2.24, 2.45) is 45.3 Å². The van der Waals surface area contributed by atoms with Gasteiger partial charge in [0.15, 0.2) is 11.6 Å². The summed E-state index contributed by atoms with van der Waals surface area (Å²) in [4.78, 5) is 42.2. The largest absolute Gasteiger partial charge is 0.387 e. The number of benzene rings is 1. The molecule has 2 spiro atoms. The van der Waals surface area contributed by atoms with E-state index >= 15 is 0 Å². The summed E-state index contributed by atoms with van der Waals surface area (Å²) in [5.41, 5.74) is -2.22. The Morgan fingerprint density at radius 2 is 1.80 bits per heavy atom. The summed E-state index contributed by atoms with van der Waals surface area (Å²) in [5.74, 6) is -4.35. The van der Waals surface area contributed by atoms with Gasteiger partial charge in [0.05, 0.1) is 17.4 Å². The number of ketones is 3. The molecule has 1 aromatic rings. The highest BCUT2D eigenvalue weighted by Gasteiger charge is 2.96. The molecule has 35 heavy (non-hydrogen) atoms. The maximum Gasteiger partial charge on any atom is 0.205 e. The smallest absolute Gasteiger partial charge is 0.205 e. The van der Waals surface area contributed by atoms with Crippen LogP contribution in [0.5, 0.6) is 0 Å². The molecule has 2 heterocycles. The molecule has 1 aromatic carbocycles. The Bertz CT molecular complexity index is 1250. The highest BCUT2D eigenvalue weighted by atomic mass is 16.6. The predicted molar refractivity (Wildman–Crippen MR) is 125 cm³/mol. The molecule has 5 saturated carbocycles. The molecule has 184 valence electrons. The average Bonchev–Trinajstić information content (AvgIpc) is 2.82. The average molecular weight is 477 g/mol. The summed E-state index contributed by atoms with van der Waals surface area (Å²) < 4.78 is 6.04. The molecule has 8 rings (SSSR count). The topological polar surface area (TPSA) is 101 Å². The minimum atomic E-state index is -2.11. The van der Waals surface area contributed by atoms with Crippen molar-refractivity contribution in [3.05, 3.63) is 47.5 Å². The van der Waals surface area contributed by atoms with Gasteiger partial charge in [-0.05, 0) is 43.4 Å². The van der Waals surface area contributed by atoms with Gasteiger partial charge in [-0.25, -0.2) is 0 Å². The van der Waals surface area contributed by atoms with E-state index in [4.69, 9.17) is 4.74 Å². The summed E-state index contributed by atoms with van der Waals surface area (Å²) in [5, 5.41) is 23.9. The van der Waals surface area contributed by atoms with Crippen molar-refractivity contribution in [1.29, 1.82) is 0 Å². The van der Waals surface area contributed by atoms with Crippen LogP contribution < -0.4 is 0 Å². The molecule has 9 unspecified atom stereocenters. The van der Waals surface area contributed by atoms with Crippen molar-refractivity contribution < 1.29 is 29.3 Å². The van der Waals surface area contributed by atoms with Crippen LogP contribution in [-0.4, -0.2) is 46.1 Å². The van der Waals surface area contributed by atoms with E-state index in [1.54, 1.807) is 12.1 Å². The first-order valence-corrected chi connectivity index (χ1v) is 12.9. The fourth-order valence-corrected chi connectivity index (χ4v) is 10.1. The quantitative estimate of drug-likeness (QED) is 0.387. The molecular formula is C29H32O6. The first-order valence-electron chi connectivity index (χ1n) is 12.9. The van der Waals surface area contributed by atoms with Crippen LogP contribution in [0.15, 0.2) is 36.4 Å². The number of ether oxygens (including phenoxy) is 1. The second-order valence-corrected chi connectivity index (χ2v) is 12.8. The summed E-state index contributed by atoms with van der Waals surface area (Å²) >= 11 is 0. The SMILES string of the molecule is C=C1C2CCC3C45COC(O)(C(O)C4C(C)(C)CCC5=O)C34C(=O)C1(C(=O)c1ccc(C)cc1)C24. The number of Topliss-reactive ketones (excluding diaryl/α,β-unsaturated/α-hetero) is 3. The van der Waals surface area contributed by atoms with Gasteiger partial charge in [-0.15, -0.1) is 0 Å². The Labute approximate surface area is 204 Å². The molecule has 5 aliphatic carbocycles. The number of carbonyl (C=O) groups is 3.